The van der Waals surface area contributed by atoms with Crippen molar-refractivity contribution in [2.75, 3.05) is 40.0 Å². The van der Waals surface area contributed by atoms with Gasteiger partial charge in [0.1, 0.15) is 0 Å². The molecule has 1 aromatic rings. The van der Waals surface area contributed by atoms with E-state index in [0.29, 0.717) is 0 Å². The summed E-state index contributed by atoms with van der Waals surface area (Å²) >= 11 is 3.54. The van der Waals surface area contributed by atoms with Crippen LogP contribution in [0.3, 0.4) is 0 Å². The second kappa shape index (κ2) is 6.23. The minimum absolute atomic E-state index is 0.798. The Balaban J connectivity index is 2.52. The van der Waals surface area contributed by atoms with Crippen LogP contribution in [0.1, 0.15) is 5.56 Å². The molecule has 0 spiro atoms. The van der Waals surface area contributed by atoms with Crippen molar-refractivity contribution in [1.29, 1.82) is 0 Å². The van der Waals surface area contributed by atoms with Crippen molar-refractivity contribution in [3.05, 3.63) is 28.2 Å². The summed E-state index contributed by atoms with van der Waals surface area (Å²) in [5, 5.41) is 0. The minimum atomic E-state index is 0.798. The lowest BCUT2D eigenvalue weighted by atomic mass is 10.2. The summed E-state index contributed by atoms with van der Waals surface area (Å²) in [6, 6.07) is 5.97. The highest BCUT2D eigenvalue weighted by Crippen LogP contribution is 2.20. The first-order valence-corrected chi connectivity index (χ1v) is 6.15. The quantitative estimate of drug-likeness (QED) is 0.841. The number of hydrogen-bond donors (Lipinski definition) is 1. The number of rotatable bonds is 5. The van der Waals surface area contributed by atoms with Gasteiger partial charge < -0.3 is 15.5 Å². The molecule has 0 heterocycles. The monoisotopic (exact) mass is 285 g/mol. The SMILES string of the molecule is CN(C)CCN(C)Cc1ccc(N)cc1Br. The largest absolute Gasteiger partial charge is 0.399 e. The topological polar surface area (TPSA) is 32.5 Å². The van der Waals surface area contributed by atoms with Crippen LogP contribution in [0, 0.1) is 0 Å². The highest BCUT2D eigenvalue weighted by Gasteiger charge is 2.04. The van der Waals surface area contributed by atoms with Crippen molar-refractivity contribution in [2.24, 2.45) is 0 Å². The maximum atomic E-state index is 5.71. The van der Waals surface area contributed by atoms with Crippen LogP contribution in [0.2, 0.25) is 0 Å². The molecule has 0 aromatic heterocycles. The Bertz CT molecular complexity index is 339. The predicted octanol–water partition coefficient (Wildman–Crippen LogP) is 2.02. The zero-order valence-electron chi connectivity index (χ0n) is 10.2. The fourth-order valence-electron chi connectivity index (χ4n) is 1.43. The average Bonchev–Trinajstić information content (AvgIpc) is 2.19. The van der Waals surface area contributed by atoms with Gasteiger partial charge >= 0.3 is 0 Å². The van der Waals surface area contributed by atoms with Gasteiger partial charge in [-0.15, -0.1) is 0 Å². The van der Waals surface area contributed by atoms with E-state index in [1.807, 2.05) is 12.1 Å². The molecule has 0 fully saturated rings. The Labute approximate surface area is 106 Å². The number of nitrogen functional groups attached to an aromatic ring is 1. The Kier molecular flexibility index (Phi) is 5.25. The van der Waals surface area contributed by atoms with Crippen LogP contribution in [0.25, 0.3) is 0 Å². The van der Waals surface area contributed by atoms with E-state index in [1.54, 1.807) is 0 Å². The first-order chi connectivity index (χ1) is 7.49. The summed E-state index contributed by atoms with van der Waals surface area (Å²) in [7, 11) is 6.31. The maximum Gasteiger partial charge on any atom is 0.0325 e. The van der Waals surface area contributed by atoms with Gasteiger partial charge in [0.2, 0.25) is 0 Å². The van der Waals surface area contributed by atoms with Crippen LogP contribution in [0.5, 0.6) is 0 Å². The molecule has 0 amide bonds. The molecular formula is C12H20BrN3. The second-order valence-electron chi connectivity index (χ2n) is 4.39. The molecule has 0 bridgehead atoms. The fourth-order valence-corrected chi connectivity index (χ4v) is 1.95. The number of halogens is 1. The zero-order chi connectivity index (χ0) is 12.1. The first kappa shape index (κ1) is 13.5. The van der Waals surface area contributed by atoms with Gasteiger partial charge in [0, 0.05) is 29.8 Å². The van der Waals surface area contributed by atoms with E-state index in [2.05, 4.69) is 52.9 Å². The minimum Gasteiger partial charge on any atom is -0.399 e. The molecule has 0 radical (unpaired) electrons. The lowest BCUT2D eigenvalue weighted by Crippen LogP contribution is -2.28. The second-order valence-corrected chi connectivity index (χ2v) is 5.25. The third kappa shape index (κ3) is 4.51. The third-order valence-corrected chi connectivity index (χ3v) is 3.18. The molecule has 1 aromatic carbocycles. The van der Waals surface area contributed by atoms with Gasteiger partial charge in [-0.2, -0.15) is 0 Å². The van der Waals surface area contributed by atoms with Crippen molar-refractivity contribution >= 4 is 21.6 Å². The van der Waals surface area contributed by atoms with E-state index in [9.17, 15) is 0 Å². The van der Waals surface area contributed by atoms with Crippen molar-refractivity contribution in [3.63, 3.8) is 0 Å². The van der Waals surface area contributed by atoms with Crippen LogP contribution in [0.4, 0.5) is 5.69 Å². The van der Waals surface area contributed by atoms with Crippen LogP contribution in [-0.4, -0.2) is 44.0 Å². The highest BCUT2D eigenvalue weighted by atomic mass is 79.9. The molecule has 2 N–H and O–H groups in total. The smallest absolute Gasteiger partial charge is 0.0325 e. The van der Waals surface area contributed by atoms with Crippen molar-refractivity contribution in [2.45, 2.75) is 6.54 Å². The fraction of sp³-hybridized carbons (Fsp3) is 0.500. The van der Waals surface area contributed by atoms with Gasteiger partial charge in [-0.25, -0.2) is 0 Å². The maximum absolute atomic E-state index is 5.71. The Morgan fingerprint density at radius 3 is 2.44 bits per heavy atom. The molecule has 90 valence electrons. The zero-order valence-corrected chi connectivity index (χ0v) is 11.8. The van der Waals surface area contributed by atoms with Gasteiger partial charge in [-0.3, -0.25) is 0 Å². The van der Waals surface area contributed by atoms with E-state index < -0.39 is 0 Å². The van der Waals surface area contributed by atoms with Crippen molar-refractivity contribution in [3.8, 4) is 0 Å². The number of anilines is 1. The molecule has 0 unspecified atom stereocenters. The molecule has 0 saturated heterocycles. The van der Waals surface area contributed by atoms with Gasteiger partial charge in [0.15, 0.2) is 0 Å². The van der Waals surface area contributed by atoms with Crippen LogP contribution in [-0.2, 0) is 6.54 Å². The first-order valence-electron chi connectivity index (χ1n) is 5.36. The normalized spacial score (nSPS) is 11.4. The standard InChI is InChI=1S/C12H20BrN3/c1-15(2)6-7-16(3)9-10-4-5-11(14)8-12(10)13/h4-5,8H,6-7,9,14H2,1-3H3. The average molecular weight is 286 g/mol. The lowest BCUT2D eigenvalue weighted by Gasteiger charge is -2.20. The lowest BCUT2D eigenvalue weighted by molar-refractivity contribution is 0.276. The summed E-state index contributed by atoms with van der Waals surface area (Å²) in [5.74, 6) is 0. The molecule has 3 nitrogen and oxygen atoms in total. The van der Waals surface area contributed by atoms with Crippen molar-refractivity contribution < 1.29 is 0 Å². The summed E-state index contributed by atoms with van der Waals surface area (Å²) in [6.45, 7) is 3.07. The van der Waals surface area contributed by atoms with Gasteiger partial charge in [0.25, 0.3) is 0 Å². The van der Waals surface area contributed by atoms with Crippen LogP contribution < -0.4 is 5.73 Å². The molecule has 0 atom stereocenters. The van der Waals surface area contributed by atoms with Crippen LogP contribution >= 0.6 is 15.9 Å². The van der Waals surface area contributed by atoms with E-state index >= 15 is 0 Å². The highest BCUT2D eigenvalue weighted by molar-refractivity contribution is 9.10. The molecule has 0 aliphatic heterocycles. The summed E-state index contributed by atoms with van der Waals surface area (Å²) in [4.78, 5) is 4.49. The van der Waals surface area contributed by atoms with Gasteiger partial charge in [0.05, 0.1) is 0 Å². The Hall–Kier alpha value is -0.580. The number of nitrogens with zero attached hydrogens (tertiary/aromatic N) is 2. The van der Waals surface area contributed by atoms with Gasteiger partial charge in [-0.1, -0.05) is 22.0 Å². The molecule has 0 aliphatic rings. The number of likely N-dealkylation sites (N-methyl/N-ethyl adjacent to an activating group) is 2. The van der Waals surface area contributed by atoms with Gasteiger partial charge in [-0.05, 0) is 38.8 Å². The van der Waals surface area contributed by atoms with E-state index in [1.165, 1.54) is 5.56 Å². The summed E-state index contributed by atoms with van der Waals surface area (Å²) in [5.41, 5.74) is 7.78. The van der Waals surface area contributed by atoms with E-state index in [4.69, 9.17) is 5.73 Å². The number of benzene rings is 1. The van der Waals surface area contributed by atoms with Crippen LogP contribution in [0.15, 0.2) is 22.7 Å². The summed E-state index contributed by atoms with van der Waals surface area (Å²) < 4.78 is 1.09. The third-order valence-electron chi connectivity index (χ3n) is 2.45. The summed E-state index contributed by atoms with van der Waals surface area (Å²) in [6.07, 6.45) is 0. The molecule has 4 heteroatoms. The van der Waals surface area contributed by atoms with E-state index in [0.717, 1.165) is 29.8 Å². The molecule has 0 aliphatic carbocycles. The Morgan fingerprint density at radius 2 is 1.88 bits per heavy atom. The predicted molar refractivity (Wildman–Crippen MR) is 73.4 cm³/mol. The molecule has 16 heavy (non-hydrogen) atoms. The molecule has 0 saturated carbocycles. The molecular weight excluding hydrogens is 266 g/mol. The number of hydrogen-bond acceptors (Lipinski definition) is 3. The molecule has 1 rings (SSSR count). The van der Waals surface area contributed by atoms with E-state index in [-0.39, 0.29) is 0 Å². The van der Waals surface area contributed by atoms with Crippen molar-refractivity contribution in [1.82, 2.24) is 9.80 Å². The number of nitrogens with two attached hydrogens (primary N) is 1. The Morgan fingerprint density at radius 1 is 1.19 bits per heavy atom.